The quantitative estimate of drug-likeness (QED) is 0.227. The summed E-state index contributed by atoms with van der Waals surface area (Å²) >= 11 is 0. The highest BCUT2D eigenvalue weighted by molar-refractivity contribution is 7.53. The zero-order valence-corrected chi connectivity index (χ0v) is 19.2. The lowest BCUT2D eigenvalue weighted by Gasteiger charge is -2.28. The first-order chi connectivity index (χ1) is 15.6. The van der Waals surface area contributed by atoms with Crippen molar-refractivity contribution in [2.75, 3.05) is 11.9 Å². The van der Waals surface area contributed by atoms with Crippen LogP contribution in [-0.4, -0.2) is 40.6 Å². The van der Waals surface area contributed by atoms with E-state index in [9.17, 15) is 24.2 Å². The molecule has 0 radical (unpaired) electrons. The molecular weight excluding hydrogens is 449 g/mol. The van der Waals surface area contributed by atoms with Crippen molar-refractivity contribution in [3.05, 3.63) is 65.7 Å². The summed E-state index contributed by atoms with van der Waals surface area (Å²) in [4.78, 5) is 34.7. The number of benzene rings is 2. The molecule has 2 aromatic carbocycles. The van der Waals surface area contributed by atoms with E-state index in [2.05, 4.69) is 10.6 Å². The van der Waals surface area contributed by atoms with Gasteiger partial charge in [0.2, 0.25) is 0 Å². The topological polar surface area (TPSA) is 158 Å². The average Bonchev–Trinajstić information content (AvgIpc) is 2.78. The second-order valence-electron chi connectivity index (χ2n) is 7.49. The third kappa shape index (κ3) is 8.02. The van der Waals surface area contributed by atoms with Crippen molar-refractivity contribution in [2.24, 2.45) is 5.92 Å². The molecule has 0 bridgehead atoms. The molecule has 2 aromatic rings. The molecule has 3 atom stereocenters. The van der Waals surface area contributed by atoms with Crippen LogP contribution in [0.2, 0.25) is 0 Å². The predicted molar refractivity (Wildman–Crippen MR) is 123 cm³/mol. The Kier molecular flexibility index (Phi) is 9.59. The maximum Gasteiger partial charge on any atom is 0.408 e. The van der Waals surface area contributed by atoms with Gasteiger partial charge in [0.05, 0.1) is 0 Å². The molecule has 11 heteroatoms. The molecule has 3 unspecified atom stereocenters. The van der Waals surface area contributed by atoms with Gasteiger partial charge in [0, 0.05) is 18.4 Å². The predicted octanol–water partition coefficient (Wildman–Crippen LogP) is 3.98. The van der Waals surface area contributed by atoms with Gasteiger partial charge in [-0.05, 0) is 29.2 Å². The number of alkyl carbamates (subject to hydrolysis) is 1. The van der Waals surface area contributed by atoms with Crippen LogP contribution in [0.5, 0.6) is 0 Å². The fourth-order valence-corrected chi connectivity index (χ4v) is 4.62. The first-order valence-electron chi connectivity index (χ1n) is 10.2. The molecule has 0 saturated carbocycles. The lowest BCUT2D eigenvalue weighted by molar-refractivity contribution is -0.145. The lowest BCUT2D eigenvalue weighted by Crippen LogP contribution is -2.39. The molecule has 1 amide bonds. The van der Waals surface area contributed by atoms with Crippen molar-refractivity contribution in [1.29, 1.82) is 5.41 Å². The molecular formula is C22H28N3O7P. The number of aliphatic carboxylic acids is 1. The first-order valence-corrected chi connectivity index (χ1v) is 11.8. The maximum absolute atomic E-state index is 13.1. The summed E-state index contributed by atoms with van der Waals surface area (Å²) in [6.07, 6.45) is -1.55. The molecule has 0 aliphatic heterocycles. The van der Waals surface area contributed by atoms with Crippen molar-refractivity contribution in [2.45, 2.75) is 32.3 Å². The van der Waals surface area contributed by atoms with Gasteiger partial charge in [-0.3, -0.25) is 9.09 Å². The highest BCUT2D eigenvalue weighted by atomic mass is 31.2. The summed E-state index contributed by atoms with van der Waals surface area (Å²) in [6.45, 7) is 3.37. The normalized spacial score (nSPS) is 14.5. The maximum atomic E-state index is 13.1. The number of carbonyl (C=O) groups excluding carboxylic acids is 1. The Morgan fingerprint density at radius 2 is 1.85 bits per heavy atom. The highest BCUT2D eigenvalue weighted by Gasteiger charge is 2.41. The monoisotopic (exact) mass is 477 g/mol. The van der Waals surface area contributed by atoms with Crippen LogP contribution >= 0.6 is 7.60 Å². The Bertz CT molecular complexity index is 1000. The van der Waals surface area contributed by atoms with Gasteiger partial charge < -0.3 is 30.8 Å². The molecule has 2 rings (SSSR count). The van der Waals surface area contributed by atoms with E-state index in [1.165, 1.54) is 12.1 Å². The first kappa shape index (κ1) is 26.1. The molecule has 0 fully saturated rings. The number of hydrogen-bond acceptors (Lipinski definition) is 7. The van der Waals surface area contributed by atoms with Crippen molar-refractivity contribution < 1.29 is 33.4 Å². The molecule has 0 aromatic heterocycles. The largest absolute Gasteiger partial charge is 0.479 e. The zero-order valence-electron chi connectivity index (χ0n) is 18.3. The van der Waals surface area contributed by atoms with E-state index in [1.54, 1.807) is 50.2 Å². The Morgan fingerprint density at radius 3 is 2.45 bits per heavy atom. The highest BCUT2D eigenvalue weighted by Crippen LogP contribution is 2.53. The Labute approximate surface area is 192 Å². The average molecular weight is 477 g/mol. The van der Waals surface area contributed by atoms with Gasteiger partial charge in [0.25, 0.3) is 0 Å². The number of amides is 1. The van der Waals surface area contributed by atoms with Gasteiger partial charge in [-0.15, -0.1) is 0 Å². The number of carbonyl (C=O) groups is 2. The van der Waals surface area contributed by atoms with Gasteiger partial charge in [0.1, 0.15) is 12.4 Å². The van der Waals surface area contributed by atoms with E-state index < -0.39 is 37.5 Å². The van der Waals surface area contributed by atoms with Gasteiger partial charge >= 0.3 is 19.7 Å². The number of carboxylic acids is 1. The number of ether oxygens (including phenoxy) is 1. The van der Waals surface area contributed by atoms with Gasteiger partial charge in [-0.2, -0.15) is 0 Å². The van der Waals surface area contributed by atoms with Crippen molar-refractivity contribution >= 4 is 31.6 Å². The zero-order chi connectivity index (χ0) is 24.4. The molecule has 5 N–H and O–H groups in total. The van der Waals surface area contributed by atoms with Gasteiger partial charge in [0.15, 0.2) is 6.10 Å². The second kappa shape index (κ2) is 12.2. The molecule has 10 nitrogen and oxygen atoms in total. The minimum atomic E-state index is -4.67. The van der Waals surface area contributed by atoms with Crippen LogP contribution in [0.4, 0.5) is 10.5 Å². The summed E-state index contributed by atoms with van der Waals surface area (Å²) in [6, 6.07) is 15.0. The number of nitrogens with one attached hydrogen (secondary N) is 3. The van der Waals surface area contributed by atoms with E-state index in [1.807, 2.05) is 6.07 Å². The fraction of sp³-hybridized carbons (Fsp3) is 0.318. The van der Waals surface area contributed by atoms with Crippen LogP contribution in [0, 0.1) is 11.3 Å². The van der Waals surface area contributed by atoms with E-state index >= 15 is 0 Å². The van der Waals surface area contributed by atoms with E-state index in [0.29, 0.717) is 5.69 Å². The summed E-state index contributed by atoms with van der Waals surface area (Å²) in [7, 11) is -4.67. The third-order valence-corrected chi connectivity index (χ3v) is 6.48. The summed E-state index contributed by atoms with van der Waals surface area (Å²) in [5, 5.41) is 21.9. The Balaban J connectivity index is 2.15. The minimum absolute atomic E-state index is 0.0403. The van der Waals surface area contributed by atoms with Crippen LogP contribution in [0.3, 0.4) is 0 Å². The lowest BCUT2D eigenvalue weighted by atomic mass is 10.1. The molecule has 33 heavy (non-hydrogen) atoms. The molecule has 0 aliphatic rings. The van der Waals surface area contributed by atoms with E-state index in [-0.39, 0.29) is 18.7 Å². The Morgan fingerprint density at radius 1 is 1.15 bits per heavy atom. The number of carboxylic acid groups (broad SMARTS) is 1. The van der Waals surface area contributed by atoms with Crippen LogP contribution in [-0.2, 0) is 25.2 Å². The van der Waals surface area contributed by atoms with Crippen LogP contribution < -0.4 is 10.6 Å². The SMILES string of the molecule is CC(C)C(NC(=O)OCc1ccccc1)P(=O)(O)OC(C(=O)O)c1cccc(NCC=N)c1. The van der Waals surface area contributed by atoms with E-state index in [4.69, 9.17) is 14.7 Å². The molecule has 0 aliphatic carbocycles. The smallest absolute Gasteiger partial charge is 0.408 e. The fourth-order valence-electron chi connectivity index (χ4n) is 2.96. The summed E-state index contributed by atoms with van der Waals surface area (Å²) < 4.78 is 23.4. The van der Waals surface area contributed by atoms with Crippen molar-refractivity contribution in [3.8, 4) is 0 Å². The molecule has 0 spiro atoms. The molecule has 0 heterocycles. The van der Waals surface area contributed by atoms with Crippen LogP contribution in [0.25, 0.3) is 0 Å². The summed E-state index contributed by atoms with van der Waals surface area (Å²) in [5.74, 6) is -3.44. The standard InChI is InChI=1S/C22H28N3O7P/c1-15(2)20(25-22(28)31-14-16-7-4-3-5-8-16)33(29,30)32-19(21(26)27)17-9-6-10-18(13-17)24-12-11-23/h3-11,13,15,19-20,23-24H,12,14H2,1-2H3,(H,25,28)(H,26,27)(H,29,30). The molecule has 178 valence electrons. The minimum Gasteiger partial charge on any atom is -0.479 e. The van der Waals surface area contributed by atoms with Crippen LogP contribution in [0.1, 0.15) is 31.1 Å². The number of hydrogen-bond donors (Lipinski definition) is 5. The Hall–Kier alpha value is -3.20. The summed E-state index contributed by atoms with van der Waals surface area (Å²) in [5.41, 5.74) is 1.38. The van der Waals surface area contributed by atoms with Gasteiger partial charge in [-0.25, -0.2) is 9.59 Å². The number of rotatable bonds is 12. The van der Waals surface area contributed by atoms with Crippen LogP contribution in [0.15, 0.2) is 54.6 Å². The van der Waals surface area contributed by atoms with Gasteiger partial charge in [-0.1, -0.05) is 56.3 Å². The van der Waals surface area contributed by atoms with Crippen molar-refractivity contribution in [1.82, 2.24) is 5.32 Å². The third-order valence-electron chi connectivity index (χ3n) is 4.54. The number of anilines is 1. The van der Waals surface area contributed by atoms with Crippen molar-refractivity contribution in [3.63, 3.8) is 0 Å². The second-order valence-corrected chi connectivity index (χ2v) is 9.39. The molecule has 0 saturated heterocycles. The van der Waals surface area contributed by atoms with E-state index in [0.717, 1.165) is 11.8 Å².